The molecule has 4 aromatic carbocycles. The van der Waals surface area contributed by atoms with Crippen LogP contribution in [0.25, 0.3) is 10.8 Å². The topological polar surface area (TPSA) is 80.9 Å². The van der Waals surface area contributed by atoms with Crippen molar-refractivity contribution >= 4 is 10.8 Å². The monoisotopic (exact) mass is 372 g/mol. The molecule has 0 spiro atoms. The molecule has 0 saturated carbocycles. The first kappa shape index (κ1) is 17.7. The Bertz CT molecular complexity index is 1130. The summed E-state index contributed by atoms with van der Waals surface area (Å²) < 4.78 is 0. The van der Waals surface area contributed by atoms with Crippen LogP contribution in [0.3, 0.4) is 0 Å². The van der Waals surface area contributed by atoms with Crippen LogP contribution in [-0.2, 0) is 12.8 Å². The fourth-order valence-corrected chi connectivity index (χ4v) is 3.48. The van der Waals surface area contributed by atoms with Gasteiger partial charge < -0.3 is 20.4 Å². The Hall–Kier alpha value is -3.66. The molecule has 4 rings (SSSR count). The van der Waals surface area contributed by atoms with Crippen molar-refractivity contribution in [2.45, 2.75) is 12.8 Å². The van der Waals surface area contributed by atoms with Crippen molar-refractivity contribution in [1.82, 2.24) is 0 Å². The Morgan fingerprint density at radius 3 is 1.68 bits per heavy atom. The number of hydrogen-bond acceptors (Lipinski definition) is 4. The Morgan fingerprint density at radius 2 is 1.07 bits per heavy atom. The zero-order valence-electron chi connectivity index (χ0n) is 15.1. The highest BCUT2D eigenvalue weighted by molar-refractivity contribution is 5.94. The molecule has 0 fully saturated rings. The molecule has 0 aliphatic heterocycles. The fraction of sp³-hybridized carbons (Fsp3) is 0.0833. The van der Waals surface area contributed by atoms with Crippen LogP contribution in [0, 0.1) is 0 Å². The normalized spacial score (nSPS) is 11.0. The van der Waals surface area contributed by atoms with E-state index in [1.54, 1.807) is 48.5 Å². The van der Waals surface area contributed by atoms with E-state index >= 15 is 0 Å². The van der Waals surface area contributed by atoms with Gasteiger partial charge in [0.1, 0.15) is 23.0 Å². The van der Waals surface area contributed by atoms with Crippen molar-refractivity contribution < 1.29 is 20.4 Å². The maximum absolute atomic E-state index is 11.0. The second-order valence-corrected chi connectivity index (χ2v) is 6.92. The predicted octanol–water partition coefficient (Wildman–Crippen LogP) is 4.84. The van der Waals surface area contributed by atoms with Crippen LogP contribution >= 0.6 is 0 Å². The highest BCUT2D eigenvalue weighted by Gasteiger charge is 2.15. The van der Waals surface area contributed by atoms with Crippen LogP contribution in [0.5, 0.6) is 23.0 Å². The largest absolute Gasteiger partial charge is 0.508 e. The Kier molecular flexibility index (Phi) is 4.53. The minimum Gasteiger partial charge on any atom is -0.508 e. The molecule has 0 saturated heterocycles. The van der Waals surface area contributed by atoms with Crippen LogP contribution in [0.2, 0.25) is 0 Å². The number of rotatable bonds is 4. The van der Waals surface area contributed by atoms with Gasteiger partial charge in [-0.1, -0.05) is 42.5 Å². The molecule has 4 aromatic rings. The van der Waals surface area contributed by atoms with Crippen LogP contribution in [0.4, 0.5) is 0 Å². The molecule has 0 radical (unpaired) electrons. The molecule has 0 heterocycles. The minimum absolute atomic E-state index is 0.123. The molecule has 140 valence electrons. The van der Waals surface area contributed by atoms with Gasteiger partial charge in [0.25, 0.3) is 0 Å². The molecule has 0 aliphatic carbocycles. The van der Waals surface area contributed by atoms with E-state index in [-0.39, 0.29) is 23.0 Å². The Labute approximate surface area is 162 Å². The van der Waals surface area contributed by atoms with Gasteiger partial charge in [-0.3, -0.25) is 0 Å². The van der Waals surface area contributed by atoms with E-state index < -0.39 is 0 Å². The number of fused-ring (bicyclic) bond motifs is 1. The van der Waals surface area contributed by atoms with E-state index in [1.807, 2.05) is 24.3 Å². The molecule has 0 atom stereocenters. The molecule has 0 aromatic heterocycles. The first-order valence-electron chi connectivity index (χ1n) is 9.02. The van der Waals surface area contributed by atoms with E-state index in [1.165, 1.54) is 0 Å². The highest BCUT2D eigenvalue weighted by atomic mass is 16.3. The summed E-state index contributed by atoms with van der Waals surface area (Å²) in [6.45, 7) is 0. The lowest BCUT2D eigenvalue weighted by Gasteiger charge is -2.14. The quantitative estimate of drug-likeness (QED) is 0.413. The molecule has 0 aliphatic rings. The average Bonchev–Trinajstić information content (AvgIpc) is 2.69. The Morgan fingerprint density at radius 1 is 0.536 bits per heavy atom. The second kappa shape index (κ2) is 7.16. The first-order chi connectivity index (χ1) is 13.5. The van der Waals surface area contributed by atoms with Gasteiger partial charge in [0.15, 0.2) is 0 Å². The third-order valence-corrected chi connectivity index (χ3v) is 4.97. The van der Waals surface area contributed by atoms with Gasteiger partial charge in [-0.25, -0.2) is 0 Å². The highest BCUT2D eigenvalue weighted by Crippen LogP contribution is 2.38. The predicted molar refractivity (Wildman–Crippen MR) is 109 cm³/mol. The first-order valence-corrected chi connectivity index (χ1v) is 9.02. The van der Waals surface area contributed by atoms with Crippen molar-refractivity contribution in [2.24, 2.45) is 0 Å². The van der Waals surface area contributed by atoms with E-state index in [9.17, 15) is 20.4 Å². The second-order valence-electron chi connectivity index (χ2n) is 6.92. The number of aromatic hydroxyl groups is 4. The smallest absolute Gasteiger partial charge is 0.127 e. The summed E-state index contributed by atoms with van der Waals surface area (Å²) in [5.74, 6) is 0.658. The van der Waals surface area contributed by atoms with Gasteiger partial charge in [0.2, 0.25) is 0 Å². The van der Waals surface area contributed by atoms with Crippen molar-refractivity contribution in [3.63, 3.8) is 0 Å². The molecular weight excluding hydrogens is 352 g/mol. The summed E-state index contributed by atoms with van der Waals surface area (Å²) in [4.78, 5) is 0. The number of benzene rings is 4. The summed E-state index contributed by atoms with van der Waals surface area (Å²) >= 11 is 0. The van der Waals surface area contributed by atoms with Crippen LogP contribution in [0.1, 0.15) is 22.3 Å². The van der Waals surface area contributed by atoms with Gasteiger partial charge in [-0.2, -0.15) is 0 Å². The Balaban J connectivity index is 1.79. The zero-order valence-corrected chi connectivity index (χ0v) is 15.1. The lowest BCUT2D eigenvalue weighted by Crippen LogP contribution is -1.95. The molecule has 0 unspecified atom stereocenters. The van der Waals surface area contributed by atoms with E-state index in [0.717, 1.165) is 22.1 Å². The minimum atomic E-state index is 0.123. The maximum Gasteiger partial charge on any atom is 0.127 e. The van der Waals surface area contributed by atoms with Crippen molar-refractivity contribution in [3.05, 3.63) is 95.1 Å². The molecule has 4 heteroatoms. The molecule has 4 N–H and O–H groups in total. The van der Waals surface area contributed by atoms with Gasteiger partial charge >= 0.3 is 0 Å². The van der Waals surface area contributed by atoms with Crippen LogP contribution in [-0.4, -0.2) is 20.4 Å². The fourth-order valence-electron chi connectivity index (χ4n) is 3.48. The van der Waals surface area contributed by atoms with Gasteiger partial charge in [0.05, 0.1) is 0 Å². The van der Waals surface area contributed by atoms with Gasteiger partial charge in [0, 0.05) is 23.8 Å². The molecule has 0 amide bonds. The summed E-state index contributed by atoms with van der Waals surface area (Å²) in [6, 6.07) is 20.9. The van der Waals surface area contributed by atoms with E-state index in [0.29, 0.717) is 23.8 Å². The maximum atomic E-state index is 11.0. The van der Waals surface area contributed by atoms with E-state index in [4.69, 9.17) is 0 Å². The van der Waals surface area contributed by atoms with Crippen molar-refractivity contribution in [2.75, 3.05) is 0 Å². The molecule has 28 heavy (non-hydrogen) atoms. The van der Waals surface area contributed by atoms with Crippen LogP contribution < -0.4 is 0 Å². The van der Waals surface area contributed by atoms with E-state index in [2.05, 4.69) is 0 Å². The van der Waals surface area contributed by atoms with Crippen molar-refractivity contribution in [1.29, 1.82) is 0 Å². The summed E-state index contributed by atoms with van der Waals surface area (Å²) in [5.41, 5.74) is 3.28. The molecule has 0 bridgehead atoms. The number of hydrogen-bond donors (Lipinski definition) is 4. The van der Waals surface area contributed by atoms with Crippen molar-refractivity contribution in [3.8, 4) is 23.0 Å². The lowest BCUT2D eigenvalue weighted by atomic mass is 9.93. The third-order valence-electron chi connectivity index (χ3n) is 4.97. The third kappa shape index (κ3) is 3.45. The van der Waals surface area contributed by atoms with Gasteiger partial charge in [-0.05, 0) is 52.4 Å². The summed E-state index contributed by atoms with van der Waals surface area (Å²) in [7, 11) is 0. The standard InChI is InChI=1S/C24H20O4/c25-19-8-1-15(2-9-19)13-18-6-5-17-7-12-22(27)21(23(17)24(18)28)14-16-3-10-20(26)11-4-16/h1-12,25-28H,13-14H2. The number of phenols is 4. The lowest BCUT2D eigenvalue weighted by molar-refractivity contribution is 0.464. The van der Waals surface area contributed by atoms with Gasteiger partial charge in [-0.15, -0.1) is 0 Å². The average molecular weight is 372 g/mol. The zero-order chi connectivity index (χ0) is 19.7. The SMILES string of the molecule is Oc1ccc(Cc2ccc3ccc(O)c(Cc4ccc(O)cc4)c3c2O)cc1. The molecular formula is C24H20O4. The molecule has 4 nitrogen and oxygen atoms in total. The van der Waals surface area contributed by atoms with Crippen LogP contribution in [0.15, 0.2) is 72.8 Å². The summed E-state index contributed by atoms with van der Waals surface area (Å²) in [5, 5.41) is 41.9. The summed E-state index contributed by atoms with van der Waals surface area (Å²) in [6.07, 6.45) is 0.941. The number of phenolic OH excluding ortho intramolecular Hbond substituents is 4.